The van der Waals surface area contributed by atoms with Crippen molar-refractivity contribution < 1.29 is 23.1 Å². The van der Waals surface area contributed by atoms with Crippen LogP contribution in [0.4, 0.5) is 0 Å². The Hall–Kier alpha value is -0.620. The predicted molar refractivity (Wildman–Crippen MR) is 54.4 cm³/mol. The highest BCUT2D eigenvalue weighted by Crippen LogP contribution is 2.36. The minimum Gasteiger partial charge on any atom is -0.480 e. The standard InChI is InChI=1S/C9H16O5S/c1-14-5-2-6-15(12,13)8(9(10)11)7-3-4-7/h7-8H,2-6H2,1H3,(H,10,11). The van der Waals surface area contributed by atoms with E-state index in [1.807, 2.05) is 0 Å². The number of hydrogen-bond donors (Lipinski definition) is 1. The molecular weight excluding hydrogens is 220 g/mol. The second-order valence-corrected chi connectivity index (χ2v) is 6.05. The molecule has 0 aromatic rings. The molecule has 1 unspecified atom stereocenters. The molecule has 0 aromatic heterocycles. The Labute approximate surface area is 89.3 Å². The molecule has 1 N–H and O–H groups in total. The van der Waals surface area contributed by atoms with Gasteiger partial charge in [0.15, 0.2) is 15.1 Å². The first-order valence-corrected chi connectivity index (χ1v) is 6.64. The van der Waals surface area contributed by atoms with Gasteiger partial charge in [0, 0.05) is 13.7 Å². The summed E-state index contributed by atoms with van der Waals surface area (Å²) in [5.41, 5.74) is 0. The van der Waals surface area contributed by atoms with Crippen LogP contribution in [0.15, 0.2) is 0 Å². The lowest BCUT2D eigenvalue weighted by atomic mass is 10.3. The molecule has 0 aliphatic heterocycles. The number of carboxylic acid groups (broad SMARTS) is 1. The van der Waals surface area contributed by atoms with Crippen molar-refractivity contribution in [2.24, 2.45) is 5.92 Å². The van der Waals surface area contributed by atoms with E-state index in [0.29, 0.717) is 25.9 Å². The summed E-state index contributed by atoms with van der Waals surface area (Å²) in [7, 11) is -2.02. The molecule has 6 heteroatoms. The van der Waals surface area contributed by atoms with Gasteiger partial charge in [-0.15, -0.1) is 0 Å². The molecule has 0 spiro atoms. The Kier molecular flexibility index (Phi) is 4.10. The zero-order valence-electron chi connectivity index (χ0n) is 8.68. The van der Waals surface area contributed by atoms with Gasteiger partial charge in [-0.3, -0.25) is 4.79 Å². The van der Waals surface area contributed by atoms with Crippen molar-refractivity contribution in [3.8, 4) is 0 Å². The van der Waals surface area contributed by atoms with E-state index in [-0.39, 0.29) is 11.7 Å². The van der Waals surface area contributed by atoms with Gasteiger partial charge < -0.3 is 9.84 Å². The lowest BCUT2D eigenvalue weighted by Crippen LogP contribution is -2.34. The molecule has 0 heterocycles. The van der Waals surface area contributed by atoms with Gasteiger partial charge in [0.25, 0.3) is 0 Å². The molecule has 5 nitrogen and oxygen atoms in total. The predicted octanol–water partition coefficient (Wildman–Crippen LogP) is 0.301. The lowest BCUT2D eigenvalue weighted by Gasteiger charge is -2.11. The maximum absolute atomic E-state index is 11.7. The molecule has 1 aliphatic carbocycles. The fourth-order valence-corrected chi connectivity index (χ4v) is 3.52. The molecule has 1 fully saturated rings. The summed E-state index contributed by atoms with van der Waals surface area (Å²) in [5, 5.41) is 7.67. The summed E-state index contributed by atoms with van der Waals surface area (Å²) in [6.45, 7) is 0.343. The topological polar surface area (TPSA) is 80.7 Å². The third kappa shape index (κ3) is 3.46. The van der Waals surface area contributed by atoms with Crippen molar-refractivity contribution in [2.75, 3.05) is 19.5 Å². The monoisotopic (exact) mass is 236 g/mol. The van der Waals surface area contributed by atoms with Crippen LogP contribution in [-0.2, 0) is 19.4 Å². The zero-order chi connectivity index (χ0) is 11.5. The van der Waals surface area contributed by atoms with Crippen molar-refractivity contribution in [3.05, 3.63) is 0 Å². The smallest absolute Gasteiger partial charge is 0.322 e. The minimum absolute atomic E-state index is 0.103. The van der Waals surface area contributed by atoms with Gasteiger partial charge in [0.05, 0.1) is 5.75 Å². The third-order valence-corrected chi connectivity index (χ3v) is 4.68. The normalized spacial score (nSPS) is 18.7. The first-order chi connectivity index (χ1) is 6.99. The van der Waals surface area contributed by atoms with Crippen molar-refractivity contribution in [1.82, 2.24) is 0 Å². The second-order valence-electron chi connectivity index (χ2n) is 3.81. The quantitative estimate of drug-likeness (QED) is 0.643. The highest BCUT2D eigenvalue weighted by atomic mass is 32.2. The van der Waals surface area contributed by atoms with Crippen LogP contribution in [-0.4, -0.2) is 44.2 Å². The van der Waals surface area contributed by atoms with Crippen LogP contribution in [0, 0.1) is 5.92 Å². The molecule has 0 radical (unpaired) electrons. The maximum Gasteiger partial charge on any atom is 0.322 e. The number of carboxylic acids is 1. The van der Waals surface area contributed by atoms with E-state index in [1.54, 1.807) is 0 Å². The van der Waals surface area contributed by atoms with Crippen molar-refractivity contribution >= 4 is 15.8 Å². The van der Waals surface area contributed by atoms with Gasteiger partial charge in [0.2, 0.25) is 0 Å². The van der Waals surface area contributed by atoms with E-state index in [2.05, 4.69) is 0 Å². The molecule has 0 saturated heterocycles. The van der Waals surface area contributed by atoms with Crippen LogP contribution in [0.3, 0.4) is 0 Å². The van der Waals surface area contributed by atoms with Crippen LogP contribution in [0.1, 0.15) is 19.3 Å². The molecular formula is C9H16O5S. The Balaban J connectivity index is 2.60. The van der Waals surface area contributed by atoms with Gasteiger partial charge in [-0.05, 0) is 25.2 Å². The van der Waals surface area contributed by atoms with Gasteiger partial charge in [-0.25, -0.2) is 8.42 Å². The fraction of sp³-hybridized carbons (Fsp3) is 0.889. The SMILES string of the molecule is COCCCS(=O)(=O)C(C(=O)O)C1CC1. The average Bonchev–Trinajstić information content (AvgIpc) is 2.87. The van der Waals surface area contributed by atoms with E-state index in [1.165, 1.54) is 7.11 Å². The van der Waals surface area contributed by atoms with Gasteiger partial charge >= 0.3 is 5.97 Å². The van der Waals surface area contributed by atoms with Gasteiger partial charge in [-0.2, -0.15) is 0 Å². The minimum atomic E-state index is -3.51. The highest BCUT2D eigenvalue weighted by Gasteiger charge is 2.44. The molecule has 0 amide bonds. The molecule has 1 saturated carbocycles. The van der Waals surface area contributed by atoms with E-state index in [4.69, 9.17) is 9.84 Å². The van der Waals surface area contributed by atoms with Crippen LogP contribution >= 0.6 is 0 Å². The van der Waals surface area contributed by atoms with E-state index < -0.39 is 21.1 Å². The van der Waals surface area contributed by atoms with Crippen molar-refractivity contribution in [1.29, 1.82) is 0 Å². The number of methoxy groups -OCH3 is 1. The molecule has 1 atom stereocenters. The van der Waals surface area contributed by atoms with E-state index in [9.17, 15) is 13.2 Å². The maximum atomic E-state index is 11.7. The number of ether oxygens (including phenoxy) is 1. The molecule has 1 rings (SSSR count). The zero-order valence-corrected chi connectivity index (χ0v) is 9.50. The molecule has 0 bridgehead atoms. The first kappa shape index (κ1) is 12.4. The number of sulfone groups is 1. The Morgan fingerprint density at radius 3 is 2.53 bits per heavy atom. The van der Waals surface area contributed by atoms with Gasteiger partial charge in [0.1, 0.15) is 0 Å². The second kappa shape index (κ2) is 4.94. The number of carbonyl (C=O) groups is 1. The fourth-order valence-electron chi connectivity index (χ4n) is 1.58. The largest absolute Gasteiger partial charge is 0.480 e. The van der Waals surface area contributed by atoms with E-state index >= 15 is 0 Å². The molecule has 0 aromatic carbocycles. The van der Waals surface area contributed by atoms with Crippen molar-refractivity contribution in [2.45, 2.75) is 24.5 Å². The number of hydrogen-bond acceptors (Lipinski definition) is 4. The molecule has 88 valence electrons. The van der Waals surface area contributed by atoms with Gasteiger partial charge in [-0.1, -0.05) is 0 Å². The first-order valence-electron chi connectivity index (χ1n) is 4.92. The van der Waals surface area contributed by atoms with Crippen LogP contribution < -0.4 is 0 Å². The highest BCUT2D eigenvalue weighted by molar-refractivity contribution is 7.92. The summed E-state index contributed by atoms with van der Waals surface area (Å²) >= 11 is 0. The van der Waals surface area contributed by atoms with Crippen LogP contribution in [0.5, 0.6) is 0 Å². The Morgan fingerprint density at radius 1 is 1.53 bits per heavy atom. The Morgan fingerprint density at radius 2 is 2.13 bits per heavy atom. The summed E-state index contributed by atoms with van der Waals surface area (Å²) < 4.78 is 28.1. The van der Waals surface area contributed by atoms with Crippen LogP contribution in [0.25, 0.3) is 0 Å². The number of rotatable bonds is 7. The van der Waals surface area contributed by atoms with Crippen molar-refractivity contribution in [3.63, 3.8) is 0 Å². The lowest BCUT2D eigenvalue weighted by molar-refractivity contribution is -0.136. The summed E-state index contributed by atoms with van der Waals surface area (Å²) in [5.74, 6) is -1.49. The van der Waals surface area contributed by atoms with Crippen LogP contribution in [0.2, 0.25) is 0 Å². The average molecular weight is 236 g/mol. The summed E-state index contributed by atoms with van der Waals surface area (Å²) in [6, 6.07) is 0. The molecule has 1 aliphatic rings. The van der Waals surface area contributed by atoms with E-state index in [0.717, 1.165) is 0 Å². The summed E-state index contributed by atoms with van der Waals surface area (Å²) in [4.78, 5) is 10.8. The number of aliphatic carboxylic acids is 1. The Bertz CT molecular complexity index is 317. The third-order valence-electron chi connectivity index (χ3n) is 2.46. The molecule has 15 heavy (non-hydrogen) atoms. The summed E-state index contributed by atoms with van der Waals surface area (Å²) in [6.07, 6.45) is 1.77.